The van der Waals surface area contributed by atoms with Gasteiger partial charge in [0, 0.05) is 6.54 Å². The second kappa shape index (κ2) is 6.80. The van der Waals surface area contributed by atoms with E-state index in [-0.39, 0.29) is 6.54 Å². The molecule has 0 radical (unpaired) electrons. The topological polar surface area (TPSA) is 69.6 Å². The van der Waals surface area contributed by atoms with E-state index in [1.807, 2.05) is 0 Å². The number of benzene rings is 1. The number of nitrogens with zero attached hydrogens (tertiary/aromatic N) is 1. The van der Waals surface area contributed by atoms with E-state index in [0.717, 1.165) is 12.8 Å². The highest BCUT2D eigenvalue weighted by atomic mass is 16.4. The van der Waals surface area contributed by atoms with Gasteiger partial charge in [0.15, 0.2) is 6.04 Å². The number of carbonyl (C=O) groups excluding carboxylic acids is 1. The van der Waals surface area contributed by atoms with Crippen LogP contribution in [0.1, 0.15) is 24.4 Å². The normalized spacial score (nSPS) is 14.8. The van der Waals surface area contributed by atoms with Crippen LogP contribution in [-0.4, -0.2) is 35.1 Å². The lowest BCUT2D eigenvalue weighted by molar-refractivity contribution is -0.139. The summed E-state index contributed by atoms with van der Waals surface area (Å²) in [7, 11) is 0. The number of carboxylic acids is 1. The van der Waals surface area contributed by atoms with Crippen molar-refractivity contribution in [1.29, 1.82) is 0 Å². The molecule has 0 unspecified atom stereocenters. The van der Waals surface area contributed by atoms with Gasteiger partial charge in [-0.1, -0.05) is 36.3 Å². The first kappa shape index (κ1) is 14.9. The summed E-state index contributed by atoms with van der Waals surface area (Å²) >= 11 is 0. The fourth-order valence-corrected chi connectivity index (χ4v) is 2.09. The van der Waals surface area contributed by atoms with Crippen molar-refractivity contribution in [3.8, 4) is 12.3 Å². The predicted octanol–water partition coefficient (Wildman–Crippen LogP) is 1.87. The molecule has 5 nitrogen and oxygen atoms in total. The Labute approximate surface area is 124 Å². The maximum atomic E-state index is 12.2. The molecule has 0 bridgehead atoms. The van der Waals surface area contributed by atoms with E-state index in [0.29, 0.717) is 18.0 Å². The zero-order valence-electron chi connectivity index (χ0n) is 11.7. The third-order valence-corrected chi connectivity index (χ3v) is 3.39. The lowest BCUT2D eigenvalue weighted by Gasteiger charge is -2.23. The van der Waals surface area contributed by atoms with E-state index in [1.165, 1.54) is 4.90 Å². The van der Waals surface area contributed by atoms with Crippen LogP contribution in [0.5, 0.6) is 0 Å². The Morgan fingerprint density at radius 2 is 2.05 bits per heavy atom. The number of hydrogen-bond acceptors (Lipinski definition) is 2. The van der Waals surface area contributed by atoms with E-state index >= 15 is 0 Å². The molecule has 1 saturated carbocycles. The van der Waals surface area contributed by atoms with Gasteiger partial charge in [0.05, 0.1) is 6.54 Å². The van der Waals surface area contributed by atoms with Gasteiger partial charge in [-0.05, 0) is 24.3 Å². The van der Waals surface area contributed by atoms with Crippen molar-refractivity contribution in [2.75, 3.05) is 13.1 Å². The molecule has 0 aliphatic heterocycles. The zero-order chi connectivity index (χ0) is 15.2. The van der Waals surface area contributed by atoms with Gasteiger partial charge in [-0.15, -0.1) is 6.42 Å². The number of amides is 2. The maximum Gasteiger partial charge on any atom is 0.330 e. The monoisotopic (exact) mass is 286 g/mol. The summed E-state index contributed by atoms with van der Waals surface area (Å²) in [5.74, 6) is 1.84. The number of carboxylic acid groups (broad SMARTS) is 1. The highest BCUT2D eigenvalue weighted by Crippen LogP contribution is 2.29. The van der Waals surface area contributed by atoms with Crippen molar-refractivity contribution in [3.05, 3.63) is 35.9 Å². The molecule has 2 amide bonds. The average molecular weight is 286 g/mol. The van der Waals surface area contributed by atoms with Crippen LogP contribution in [0, 0.1) is 18.3 Å². The Morgan fingerprint density at radius 3 is 2.57 bits per heavy atom. The first-order chi connectivity index (χ1) is 10.1. The first-order valence-electron chi connectivity index (χ1n) is 6.88. The molecule has 0 spiro atoms. The van der Waals surface area contributed by atoms with Crippen LogP contribution >= 0.6 is 0 Å². The molecule has 0 saturated heterocycles. The van der Waals surface area contributed by atoms with E-state index in [2.05, 4.69) is 11.2 Å². The summed E-state index contributed by atoms with van der Waals surface area (Å²) in [6.45, 7) is 0.765. The van der Waals surface area contributed by atoms with Crippen molar-refractivity contribution < 1.29 is 14.7 Å². The molecule has 5 heteroatoms. The number of terminal acetylenes is 1. The van der Waals surface area contributed by atoms with Gasteiger partial charge in [-0.25, -0.2) is 9.59 Å². The number of urea groups is 1. The van der Waals surface area contributed by atoms with Crippen LogP contribution < -0.4 is 5.32 Å². The Hall–Kier alpha value is -2.48. The van der Waals surface area contributed by atoms with Crippen LogP contribution in [-0.2, 0) is 4.79 Å². The van der Waals surface area contributed by atoms with E-state index in [4.69, 9.17) is 6.42 Å². The van der Waals surface area contributed by atoms with Crippen LogP contribution in [0.25, 0.3) is 0 Å². The summed E-state index contributed by atoms with van der Waals surface area (Å²) in [6, 6.07) is 7.11. The molecule has 1 atom stereocenters. The molecule has 1 aromatic rings. The highest BCUT2D eigenvalue weighted by Gasteiger charge is 2.29. The second-order valence-corrected chi connectivity index (χ2v) is 5.16. The maximum absolute atomic E-state index is 12.2. The van der Waals surface area contributed by atoms with Gasteiger partial charge in [-0.3, -0.25) is 0 Å². The Morgan fingerprint density at radius 1 is 1.38 bits per heavy atom. The minimum atomic E-state index is -1.10. The molecule has 0 aromatic heterocycles. The first-order valence-corrected chi connectivity index (χ1v) is 6.88. The molecule has 21 heavy (non-hydrogen) atoms. The molecule has 0 heterocycles. The molecular formula is C16H18N2O3. The van der Waals surface area contributed by atoms with Gasteiger partial charge < -0.3 is 15.3 Å². The Balaban J connectivity index is 2.06. The van der Waals surface area contributed by atoms with Crippen molar-refractivity contribution in [1.82, 2.24) is 10.2 Å². The van der Waals surface area contributed by atoms with E-state index in [1.54, 1.807) is 30.3 Å². The lowest BCUT2D eigenvalue weighted by atomic mass is 10.1. The molecule has 1 fully saturated rings. The standard InChI is InChI=1S/C16H18N2O3/c1-2-10-18(11-12-8-9-12)16(21)17-14(15(19)20)13-6-4-3-5-7-13/h1,3-7,12,14H,8-11H2,(H,17,21)(H,19,20)/t14-/m0/s1. The summed E-state index contributed by atoms with van der Waals surface area (Å²) in [5.41, 5.74) is 0.533. The summed E-state index contributed by atoms with van der Waals surface area (Å²) in [5, 5.41) is 11.9. The summed E-state index contributed by atoms with van der Waals surface area (Å²) in [4.78, 5) is 25.1. The van der Waals surface area contributed by atoms with Crippen molar-refractivity contribution in [2.24, 2.45) is 5.92 Å². The fraction of sp³-hybridized carbons (Fsp3) is 0.375. The molecule has 1 aliphatic rings. The van der Waals surface area contributed by atoms with Crippen LogP contribution in [0.4, 0.5) is 4.79 Å². The van der Waals surface area contributed by atoms with E-state index < -0.39 is 18.0 Å². The van der Waals surface area contributed by atoms with Gasteiger partial charge >= 0.3 is 12.0 Å². The summed E-state index contributed by atoms with van der Waals surface area (Å²) in [6.07, 6.45) is 7.46. The third kappa shape index (κ3) is 4.25. The van der Waals surface area contributed by atoms with E-state index in [9.17, 15) is 14.7 Å². The Kier molecular flexibility index (Phi) is 4.83. The molecule has 110 valence electrons. The molecule has 1 aromatic carbocycles. The number of nitrogens with one attached hydrogen (secondary N) is 1. The van der Waals surface area contributed by atoms with Gasteiger partial charge in [0.1, 0.15) is 0 Å². The van der Waals surface area contributed by atoms with Gasteiger partial charge in [0.2, 0.25) is 0 Å². The quantitative estimate of drug-likeness (QED) is 0.784. The number of aliphatic carboxylic acids is 1. The molecule has 2 rings (SSSR count). The zero-order valence-corrected chi connectivity index (χ0v) is 11.7. The average Bonchev–Trinajstić information content (AvgIpc) is 3.28. The van der Waals surface area contributed by atoms with Crippen molar-refractivity contribution in [3.63, 3.8) is 0 Å². The number of rotatable bonds is 6. The number of carbonyl (C=O) groups is 2. The smallest absolute Gasteiger partial charge is 0.330 e. The molecular weight excluding hydrogens is 268 g/mol. The molecule has 2 N–H and O–H groups in total. The van der Waals surface area contributed by atoms with Crippen molar-refractivity contribution in [2.45, 2.75) is 18.9 Å². The van der Waals surface area contributed by atoms with Gasteiger partial charge in [-0.2, -0.15) is 0 Å². The lowest BCUT2D eigenvalue weighted by Crippen LogP contribution is -2.44. The minimum Gasteiger partial charge on any atom is -0.479 e. The third-order valence-electron chi connectivity index (χ3n) is 3.39. The molecule has 1 aliphatic carbocycles. The minimum absolute atomic E-state index is 0.184. The number of hydrogen-bond donors (Lipinski definition) is 2. The van der Waals surface area contributed by atoms with Crippen LogP contribution in [0.3, 0.4) is 0 Å². The Bertz CT molecular complexity index is 546. The van der Waals surface area contributed by atoms with Gasteiger partial charge in [0.25, 0.3) is 0 Å². The SMILES string of the molecule is C#CCN(CC1CC1)C(=O)N[C@H](C(=O)O)c1ccccc1. The second-order valence-electron chi connectivity index (χ2n) is 5.16. The highest BCUT2D eigenvalue weighted by molar-refractivity contribution is 5.83. The van der Waals surface area contributed by atoms with Crippen molar-refractivity contribution >= 4 is 12.0 Å². The van der Waals surface area contributed by atoms with Crippen LogP contribution in [0.2, 0.25) is 0 Å². The predicted molar refractivity (Wildman–Crippen MR) is 78.5 cm³/mol. The largest absolute Gasteiger partial charge is 0.479 e. The van der Waals surface area contributed by atoms with Crippen LogP contribution in [0.15, 0.2) is 30.3 Å². The fourth-order valence-electron chi connectivity index (χ4n) is 2.09. The summed E-state index contributed by atoms with van der Waals surface area (Å²) < 4.78 is 0.